The van der Waals surface area contributed by atoms with Crippen LogP contribution in [-0.4, -0.2) is 62.0 Å². The van der Waals surface area contributed by atoms with Gasteiger partial charge in [-0.1, -0.05) is 0 Å². The fraction of sp³-hybridized carbons (Fsp3) is 0.400. The third-order valence-electron chi connectivity index (χ3n) is 5.51. The van der Waals surface area contributed by atoms with E-state index in [4.69, 9.17) is 17.0 Å². The van der Waals surface area contributed by atoms with Crippen LogP contribution in [0.4, 0.5) is 9.39 Å². The van der Waals surface area contributed by atoms with Crippen molar-refractivity contribution in [1.82, 2.24) is 9.21 Å². The Morgan fingerprint density at radius 1 is 1.16 bits per heavy atom. The quantitative estimate of drug-likeness (QED) is 0.529. The van der Waals surface area contributed by atoms with Gasteiger partial charge in [0.15, 0.2) is 5.11 Å². The summed E-state index contributed by atoms with van der Waals surface area (Å²) in [5.74, 6) is -0.856. The summed E-state index contributed by atoms with van der Waals surface area (Å²) in [4.78, 5) is 15.4. The zero-order valence-electron chi connectivity index (χ0n) is 16.9. The number of hydrogen-bond acceptors (Lipinski definition) is 6. The minimum absolute atomic E-state index is 0.0684. The predicted molar refractivity (Wildman–Crippen MR) is 121 cm³/mol. The number of anilines is 1. The summed E-state index contributed by atoms with van der Waals surface area (Å²) in [5.41, 5.74) is 1.59. The topological polar surface area (TPSA) is 79.0 Å². The van der Waals surface area contributed by atoms with Gasteiger partial charge in [-0.05, 0) is 61.3 Å². The van der Waals surface area contributed by atoms with Crippen LogP contribution >= 0.6 is 23.6 Å². The molecule has 1 saturated heterocycles. The third-order valence-corrected chi connectivity index (χ3v) is 8.99. The maximum atomic E-state index is 13.1. The van der Waals surface area contributed by atoms with Crippen molar-refractivity contribution in [3.63, 3.8) is 0 Å². The molecule has 2 aliphatic rings. The number of esters is 1. The second-order valence-electron chi connectivity index (χ2n) is 7.33. The molecular weight excluding hydrogens is 461 g/mol. The molecule has 2 aromatic rings. The highest BCUT2D eigenvalue weighted by Gasteiger charge is 2.31. The van der Waals surface area contributed by atoms with Crippen LogP contribution in [0.5, 0.6) is 0 Å². The number of methoxy groups -OCH3 is 1. The fourth-order valence-corrected chi connectivity index (χ4v) is 6.92. The third kappa shape index (κ3) is 4.32. The van der Waals surface area contributed by atoms with Crippen molar-refractivity contribution in [2.24, 2.45) is 0 Å². The highest BCUT2D eigenvalue weighted by atomic mass is 32.2. The minimum Gasteiger partial charge on any atom is -0.465 e. The number of nitrogens with one attached hydrogen (secondary N) is 1. The average Bonchev–Trinajstić information content (AvgIpc) is 3.34. The molecule has 1 aromatic carbocycles. The lowest BCUT2D eigenvalue weighted by Crippen LogP contribution is -2.51. The first-order valence-corrected chi connectivity index (χ1v) is 12.5. The molecule has 0 unspecified atom stereocenters. The van der Waals surface area contributed by atoms with Gasteiger partial charge in [-0.2, -0.15) is 4.31 Å². The molecule has 0 bridgehead atoms. The number of benzene rings is 1. The second-order valence-corrected chi connectivity index (χ2v) is 10.8. The number of nitrogens with zero attached hydrogens (tertiary/aromatic N) is 2. The molecule has 0 saturated carbocycles. The number of thiocarbonyl (C=S) groups is 1. The monoisotopic (exact) mass is 483 g/mol. The molecule has 1 aliphatic heterocycles. The molecule has 1 aromatic heterocycles. The van der Waals surface area contributed by atoms with Crippen molar-refractivity contribution < 1.29 is 22.3 Å². The molecular formula is C20H22FN3O4S3. The fourth-order valence-electron chi connectivity index (χ4n) is 3.87. The first-order chi connectivity index (χ1) is 14.8. The molecule has 1 aliphatic carbocycles. The van der Waals surface area contributed by atoms with Gasteiger partial charge < -0.3 is 15.0 Å². The Bertz CT molecular complexity index is 1110. The Balaban J connectivity index is 1.43. The zero-order chi connectivity index (χ0) is 22.2. The summed E-state index contributed by atoms with van der Waals surface area (Å²) in [6.45, 7) is 1.33. The largest absolute Gasteiger partial charge is 0.465 e. The molecule has 0 radical (unpaired) electrons. The number of thiophene rings is 1. The van der Waals surface area contributed by atoms with Crippen molar-refractivity contribution >= 4 is 49.7 Å². The lowest BCUT2D eigenvalue weighted by molar-refractivity contribution is 0.0601. The first-order valence-electron chi connectivity index (χ1n) is 9.85. The van der Waals surface area contributed by atoms with E-state index in [1.54, 1.807) is 0 Å². The van der Waals surface area contributed by atoms with Gasteiger partial charge in [0.25, 0.3) is 0 Å². The van der Waals surface area contributed by atoms with Gasteiger partial charge in [0, 0.05) is 31.1 Å². The molecule has 0 spiro atoms. The van der Waals surface area contributed by atoms with Gasteiger partial charge >= 0.3 is 5.97 Å². The zero-order valence-corrected chi connectivity index (χ0v) is 19.3. The van der Waals surface area contributed by atoms with Gasteiger partial charge in [-0.3, -0.25) is 0 Å². The number of carbonyl (C=O) groups excluding carboxylic acids is 1. The van der Waals surface area contributed by atoms with E-state index in [2.05, 4.69) is 5.32 Å². The molecule has 4 rings (SSSR count). The van der Waals surface area contributed by atoms with Crippen molar-refractivity contribution in [2.45, 2.75) is 24.2 Å². The van der Waals surface area contributed by atoms with E-state index in [0.717, 1.165) is 37.0 Å². The number of hydrogen-bond donors (Lipinski definition) is 1. The second kappa shape index (κ2) is 8.81. The molecule has 1 fully saturated rings. The number of rotatable bonds is 4. The Morgan fingerprint density at radius 3 is 2.48 bits per heavy atom. The van der Waals surface area contributed by atoms with Crippen molar-refractivity contribution in [3.8, 4) is 0 Å². The van der Waals surface area contributed by atoms with Crippen LogP contribution in [-0.2, 0) is 27.6 Å². The molecule has 31 heavy (non-hydrogen) atoms. The summed E-state index contributed by atoms with van der Waals surface area (Å²) >= 11 is 7.07. The van der Waals surface area contributed by atoms with E-state index in [-0.39, 0.29) is 24.0 Å². The van der Waals surface area contributed by atoms with Crippen LogP contribution in [0.1, 0.15) is 27.2 Å². The van der Waals surface area contributed by atoms with E-state index in [0.29, 0.717) is 28.8 Å². The molecule has 11 heteroatoms. The van der Waals surface area contributed by atoms with Crippen LogP contribution in [0.3, 0.4) is 0 Å². The van der Waals surface area contributed by atoms with Crippen molar-refractivity contribution in [1.29, 1.82) is 0 Å². The summed E-state index contributed by atoms with van der Waals surface area (Å²) in [6.07, 6.45) is 2.82. The molecule has 166 valence electrons. The SMILES string of the molecule is COC(=O)c1c(NC(=S)N2CCN(S(=O)(=O)c3ccc(F)cc3)CC2)sc2c1CCC2. The Morgan fingerprint density at radius 2 is 1.84 bits per heavy atom. The number of piperazine rings is 1. The molecule has 0 amide bonds. The van der Waals surface area contributed by atoms with E-state index < -0.39 is 15.8 Å². The van der Waals surface area contributed by atoms with Gasteiger partial charge in [0.05, 0.1) is 17.6 Å². The summed E-state index contributed by atoms with van der Waals surface area (Å²) in [5, 5.41) is 4.31. The Hall–Kier alpha value is -2.08. The van der Waals surface area contributed by atoms with Crippen LogP contribution < -0.4 is 5.32 Å². The van der Waals surface area contributed by atoms with Crippen LogP contribution in [0.2, 0.25) is 0 Å². The van der Waals surface area contributed by atoms with Crippen LogP contribution in [0.15, 0.2) is 29.2 Å². The van der Waals surface area contributed by atoms with Crippen molar-refractivity contribution in [3.05, 3.63) is 46.1 Å². The normalized spacial score (nSPS) is 16.8. The van der Waals surface area contributed by atoms with E-state index in [1.165, 1.54) is 39.8 Å². The van der Waals surface area contributed by atoms with Crippen LogP contribution in [0, 0.1) is 5.82 Å². The molecule has 7 nitrogen and oxygen atoms in total. The number of aryl methyl sites for hydroxylation is 1. The smallest absolute Gasteiger partial charge is 0.341 e. The van der Waals surface area contributed by atoms with Gasteiger partial charge in [0.1, 0.15) is 10.8 Å². The highest BCUT2D eigenvalue weighted by Crippen LogP contribution is 2.39. The highest BCUT2D eigenvalue weighted by molar-refractivity contribution is 7.89. The lowest BCUT2D eigenvalue weighted by atomic mass is 10.1. The van der Waals surface area contributed by atoms with Gasteiger partial charge in [0.2, 0.25) is 10.0 Å². The maximum Gasteiger partial charge on any atom is 0.341 e. The summed E-state index contributed by atoms with van der Waals surface area (Å²) < 4.78 is 45.0. The molecule has 1 N–H and O–H groups in total. The standard InChI is InChI=1S/C20H22FN3O4S3/c1-28-19(25)17-15-3-2-4-16(15)30-18(17)22-20(29)23-9-11-24(12-10-23)31(26,27)14-7-5-13(21)6-8-14/h5-8H,2-4,9-12H2,1H3,(H,22,29). The molecule has 0 atom stereocenters. The van der Waals surface area contributed by atoms with Crippen LogP contribution in [0.25, 0.3) is 0 Å². The Labute approximate surface area is 189 Å². The van der Waals surface area contributed by atoms with E-state index >= 15 is 0 Å². The van der Waals surface area contributed by atoms with Crippen molar-refractivity contribution in [2.75, 3.05) is 38.6 Å². The van der Waals surface area contributed by atoms with E-state index in [1.807, 2.05) is 4.90 Å². The minimum atomic E-state index is -3.69. The first kappa shape index (κ1) is 22.1. The van der Waals surface area contributed by atoms with Gasteiger partial charge in [-0.25, -0.2) is 17.6 Å². The lowest BCUT2D eigenvalue weighted by Gasteiger charge is -2.35. The van der Waals surface area contributed by atoms with Gasteiger partial charge in [-0.15, -0.1) is 11.3 Å². The summed E-state index contributed by atoms with van der Waals surface area (Å²) in [6, 6.07) is 4.82. The summed E-state index contributed by atoms with van der Waals surface area (Å²) in [7, 11) is -2.32. The average molecular weight is 484 g/mol. The number of sulfonamides is 1. The number of ether oxygens (including phenoxy) is 1. The maximum absolute atomic E-state index is 13.1. The number of fused-ring (bicyclic) bond motifs is 1. The number of carbonyl (C=O) groups is 1. The number of halogens is 1. The van der Waals surface area contributed by atoms with E-state index in [9.17, 15) is 17.6 Å². The molecule has 2 heterocycles. The Kier molecular flexibility index (Phi) is 6.29. The predicted octanol–water partition coefficient (Wildman–Crippen LogP) is 2.87.